The van der Waals surface area contributed by atoms with Crippen LogP contribution in [0.15, 0.2) is 28.7 Å². The Bertz CT molecular complexity index is 322. The molecule has 0 aliphatic carbocycles. The lowest BCUT2D eigenvalue weighted by atomic mass is 10.1. The summed E-state index contributed by atoms with van der Waals surface area (Å²) in [4.78, 5) is 11.5. The van der Waals surface area contributed by atoms with Crippen molar-refractivity contribution in [1.82, 2.24) is 0 Å². The summed E-state index contributed by atoms with van der Waals surface area (Å²) in [7, 11) is 1.60. The number of hydrogen-bond acceptors (Lipinski definition) is 3. The molecule has 0 fully saturated rings. The minimum Gasteiger partial charge on any atom is -0.382 e. The van der Waals surface area contributed by atoms with Gasteiger partial charge < -0.3 is 9.47 Å². The number of ether oxygens (including phenoxy) is 2. The van der Waals surface area contributed by atoms with Crippen LogP contribution in [0.3, 0.4) is 0 Å². The number of methoxy groups -OCH3 is 1. The lowest BCUT2D eigenvalue weighted by Crippen LogP contribution is -2.13. The van der Waals surface area contributed by atoms with Crippen LogP contribution in [0, 0.1) is 0 Å². The van der Waals surface area contributed by atoms with E-state index in [-0.39, 0.29) is 12.4 Å². The van der Waals surface area contributed by atoms with Gasteiger partial charge in [0.05, 0.1) is 13.2 Å². The Balaban J connectivity index is 2.26. The third-order valence-electron chi connectivity index (χ3n) is 2.01. The molecule has 88 valence electrons. The third-order valence-corrected chi connectivity index (χ3v) is 2.54. The molecule has 1 aromatic carbocycles. The summed E-state index contributed by atoms with van der Waals surface area (Å²) in [6, 6.07) is 7.71. The Hall–Kier alpha value is -0.710. The van der Waals surface area contributed by atoms with E-state index in [4.69, 9.17) is 9.47 Å². The third kappa shape index (κ3) is 5.39. The lowest BCUT2D eigenvalue weighted by Gasteiger charge is -2.03. The normalized spacial score (nSPS) is 10.4. The van der Waals surface area contributed by atoms with Gasteiger partial charge in [0, 0.05) is 18.0 Å². The molecular weight excluding hydrogens is 272 g/mol. The van der Waals surface area contributed by atoms with Crippen LogP contribution in [-0.4, -0.2) is 32.7 Å². The number of halogens is 1. The summed E-state index contributed by atoms with van der Waals surface area (Å²) < 4.78 is 11.0. The smallest absolute Gasteiger partial charge is 0.162 e. The van der Waals surface area contributed by atoms with E-state index in [1.165, 1.54) is 0 Å². The molecule has 0 amide bonds. The molecule has 16 heavy (non-hydrogen) atoms. The minimum absolute atomic E-state index is 0.0819. The van der Waals surface area contributed by atoms with Crippen LogP contribution in [0.2, 0.25) is 0 Å². The quantitative estimate of drug-likeness (QED) is 0.721. The maximum absolute atomic E-state index is 11.5. The number of benzene rings is 1. The van der Waals surface area contributed by atoms with Crippen molar-refractivity contribution >= 4 is 21.7 Å². The average molecular weight is 287 g/mol. The first-order valence-corrected chi connectivity index (χ1v) is 5.84. The zero-order valence-corrected chi connectivity index (χ0v) is 10.8. The molecule has 4 heteroatoms. The van der Waals surface area contributed by atoms with Gasteiger partial charge in [0.2, 0.25) is 0 Å². The molecule has 0 saturated carbocycles. The molecule has 0 heterocycles. The molecule has 0 radical (unpaired) electrons. The van der Waals surface area contributed by atoms with Crippen LogP contribution >= 0.6 is 15.9 Å². The molecule has 0 unspecified atom stereocenters. The van der Waals surface area contributed by atoms with Crippen LogP contribution in [0.25, 0.3) is 0 Å². The Labute approximate surface area is 104 Å². The molecule has 0 aliphatic heterocycles. The molecule has 0 spiro atoms. The zero-order valence-electron chi connectivity index (χ0n) is 9.24. The highest BCUT2D eigenvalue weighted by Gasteiger charge is 2.03. The number of carbonyl (C=O) groups is 1. The van der Waals surface area contributed by atoms with Gasteiger partial charge in [0.15, 0.2) is 5.78 Å². The SMILES string of the molecule is COCCOCC(=O)Cc1ccc(Br)cc1. The molecule has 0 aliphatic rings. The number of rotatable bonds is 7. The van der Waals surface area contributed by atoms with Crippen molar-refractivity contribution in [2.75, 3.05) is 26.9 Å². The summed E-state index contributed by atoms with van der Waals surface area (Å²) >= 11 is 3.35. The number of Topliss-reactive ketones (excluding diaryl/α,β-unsaturated/α-hetero) is 1. The largest absolute Gasteiger partial charge is 0.382 e. The standard InChI is InChI=1S/C12H15BrO3/c1-15-6-7-16-9-12(14)8-10-2-4-11(13)5-3-10/h2-5H,6-9H2,1H3. The highest BCUT2D eigenvalue weighted by Crippen LogP contribution is 2.11. The van der Waals surface area contributed by atoms with Crippen molar-refractivity contribution in [3.63, 3.8) is 0 Å². The molecule has 0 N–H and O–H groups in total. The van der Waals surface area contributed by atoms with Crippen molar-refractivity contribution in [3.05, 3.63) is 34.3 Å². The zero-order chi connectivity index (χ0) is 11.8. The first-order valence-electron chi connectivity index (χ1n) is 5.05. The van der Waals surface area contributed by atoms with E-state index < -0.39 is 0 Å². The van der Waals surface area contributed by atoms with E-state index in [2.05, 4.69) is 15.9 Å². The van der Waals surface area contributed by atoms with E-state index in [0.29, 0.717) is 19.6 Å². The highest BCUT2D eigenvalue weighted by molar-refractivity contribution is 9.10. The minimum atomic E-state index is 0.0819. The van der Waals surface area contributed by atoms with E-state index in [9.17, 15) is 4.79 Å². The van der Waals surface area contributed by atoms with Crippen molar-refractivity contribution in [1.29, 1.82) is 0 Å². The summed E-state index contributed by atoms with van der Waals surface area (Å²) in [5.74, 6) is 0.0819. The number of ketones is 1. The van der Waals surface area contributed by atoms with Gasteiger partial charge >= 0.3 is 0 Å². The molecule has 0 atom stereocenters. The second-order valence-corrected chi connectivity index (χ2v) is 4.30. The second-order valence-electron chi connectivity index (χ2n) is 3.39. The van der Waals surface area contributed by atoms with Gasteiger partial charge in [-0.2, -0.15) is 0 Å². The van der Waals surface area contributed by atoms with Gasteiger partial charge in [-0.05, 0) is 17.7 Å². The molecule has 1 aromatic rings. The maximum Gasteiger partial charge on any atom is 0.162 e. The van der Waals surface area contributed by atoms with E-state index in [1.54, 1.807) is 7.11 Å². The van der Waals surface area contributed by atoms with E-state index in [0.717, 1.165) is 10.0 Å². The van der Waals surface area contributed by atoms with Crippen molar-refractivity contribution in [3.8, 4) is 0 Å². The van der Waals surface area contributed by atoms with Crippen LogP contribution in [0.4, 0.5) is 0 Å². The maximum atomic E-state index is 11.5. The Morgan fingerprint density at radius 2 is 1.94 bits per heavy atom. The van der Waals surface area contributed by atoms with Crippen LogP contribution < -0.4 is 0 Å². The molecule has 1 rings (SSSR count). The van der Waals surface area contributed by atoms with Crippen LogP contribution in [-0.2, 0) is 20.7 Å². The van der Waals surface area contributed by atoms with Gasteiger partial charge in [-0.1, -0.05) is 28.1 Å². The van der Waals surface area contributed by atoms with Gasteiger partial charge in [0.1, 0.15) is 6.61 Å². The topological polar surface area (TPSA) is 35.5 Å². The summed E-state index contributed by atoms with van der Waals surface area (Å²) in [6.07, 6.45) is 0.417. The number of carbonyl (C=O) groups excluding carboxylic acids is 1. The monoisotopic (exact) mass is 286 g/mol. The molecule has 0 aromatic heterocycles. The predicted molar refractivity (Wildman–Crippen MR) is 65.5 cm³/mol. The second kappa shape index (κ2) is 7.54. The van der Waals surface area contributed by atoms with E-state index >= 15 is 0 Å². The first-order chi connectivity index (χ1) is 7.72. The predicted octanol–water partition coefficient (Wildman–Crippen LogP) is 2.22. The first kappa shape index (κ1) is 13.4. The van der Waals surface area contributed by atoms with Gasteiger partial charge in [-0.25, -0.2) is 0 Å². The molecule has 3 nitrogen and oxygen atoms in total. The van der Waals surface area contributed by atoms with Crippen LogP contribution in [0.1, 0.15) is 5.56 Å². The molecule has 0 bridgehead atoms. The number of hydrogen-bond donors (Lipinski definition) is 0. The summed E-state index contributed by atoms with van der Waals surface area (Å²) in [6.45, 7) is 1.13. The lowest BCUT2D eigenvalue weighted by molar-refractivity contribution is -0.123. The van der Waals surface area contributed by atoms with Gasteiger partial charge in [0.25, 0.3) is 0 Å². The van der Waals surface area contributed by atoms with Crippen molar-refractivity contribution in [2.24, 2.45) is 0 Å². The Morgan fingerprint density at radius 1 is 1.25 bits per heavy atom. The van der Waals surface area contributed by atoms with Crippen molar-refractivity contribution in [2.45, 2.75) is 6.42 Å². The van der Waals surface area contributed by atoms with E-state index in [1.807, 2.05) is 24.3 Å². The molecule has 0 saturated heterocycles. The Morgan fingerprint density at radius 3 is 2.56 bits per heavy atom. The summed E-state index contributed by atoms with van der Waals surface area (Å²) in [5, 5.41) is 0. The summed E-state index contributed by atoms with van der Waals surface area (Å²) in [5.41, 5.74) is 1.00. The van der Waals surface area contributed by atoms with Crippen molar-refractivity contribution < 1.29 is 14.3 Å². The average Bonchev–Trinajstić information content (AvgIpc) is 2.28. The van der Waals surface area contributed by atoms with Gasteiger partial charge in [-0.3, -0.25) is 4.79 Å². The van der Waals surface area contributed by atoms with Crippen LogP contribution in [0.5, 0.6) is 0 Å². The fraction of sp³-hybridized carbons (Fsp3) is 0.417. The Kier molecular flexibility index (Phi) is 6.30. The van der Waals surface area contributed by atoms with Gasteiger partial charge in [-0.15, -0.1) is 0 Å². The fourth-order valence-corrected chi connectivity index (χ4v) is 1.47. The molecular formula is C12H15BrO3. The fourth-order valence-electron chi connectivity index (χ4n) is 1.21. The highest BCUT2D eigenvalue weighted by atomic mass is 79.9.